The van der Waals surface area contributed by atoms with E-state index in [-0.39, 0.29) is 11.6 Å². The Bertz CT molecular complexity index is 1220. The predicted octanol–water partition coefficient (Wildman–Crippen LogP) is 7.52. The first-order valence-corrected chi connectivity index (χ1v) is 12.1. The first-order valence-electron chi connectivity index (χ1n) is 12.1. The van der Waals surface area contributed by atoms with Crippen LogP contribution in [0.2, 0.25) is 0 Å². The van der Waals surface area contributed by atoms with Gasteiger partial charge in [-0.15, -0.1) is 0 Å². The third kappa shape index (κ3) is 8.09. The summed E-state index contributed by atoms with van der Waals surface area (Å²) in [5.74, 6) is 0.496. The smallest absolute Gasteiger partial charge is 0.164 e. The monoisotopic (exact) mass is 501 g/mol. The molecule has 1 heterocycles. The summed E-state index contributed by atoms with van der Waals surface area (Å²) in [6.07, 6.45) is 10.5. The molecule has 0 spiro atoms. The van der Waals surface area contributed by atoms with E-state index in [0.29, 0.717) is 41.1 Å². The SMILES string of the molecule is C=C/C(=C\C(CCC(C)=O)=C(C)C)c1ccc(-c2nc(/C=C\C)c(C=C)c(C(C)=O)c2OC)cc1.CO. The molecule has 2 rings (SSSR count). The van der Waals surface area contributed by atoms with Crippen LogP contribution >= 0.6 is 0 Å². The van der Waals surface area contributed by atoms with Gasteiger partial charge in [0.15, 0.2) is 11.5 Å². The minimum Gasteiger partial charge on any atom is -0.494 e. The minimum atomic E-state index is -0.112. The molecule has 5 heteroatoms. The van der Waals surface area contributed by atoms with Crippen LogP contribution in [0.1, 0.15) is 74.6 Å². The van der Waals surface area contributed by atoms with Crippen molar-refractivity contribution in [2.45, 2.75) is 47.5 Å². The number of aliphatic hydroxyl groups is 1. The van der Waals surface area contributed by atoms with Crippen molar-refractivity contribution >= 4 is 29.3 Å². The number of Topliss-reactive ketones (excluding diaryl/α,β-unsaturated/α-hetero) is 2. The Balaban J connectivity index is 0.00000334. The lowest BCUT2D eigenvalue weighted by Crippen LogP contribution is -2.07. The van der Waals surface area contributed by atoms with Crippen molar-refractivity contribution in [2.75, 3.05) is 14.2 Å². The number of rotatable bonds is 11. The van der Waals surface area contributed by atoms with E-state index in [2.05, 4.69) is 33.1 Å². The van der Waals surface area contributed by atoms with Crippen molar-refractivity contribution in [1.82, 2.24) is 4.98 Å². The molecule has 0 aliphatic heterocycles. The van der Waals surface area contributed by atoms with Gasteiger partial charge in [-0.2, -0.15) is 0 Å². The van der Waals surface area contributed by atoms with Gasteiger partial charge >= 0.3 is 0 Å². The fourth-order valence-electron chi connectivity index (χ4n) is 3.88. The number of pyridine rings is 1. The molecule has 1 aromatic heterocycles. The molecule has 2 aromatic rings. The highest BCUT2D eigenvalue weighted by atomic mass is 16.5. The highest BCUT2D eigenvalue weighted by Gasteiger charge is 2.22. The average Bonchev–Trinajstić information content (AvgIpc) is 2.89. The molecule has 0 aliphatic carbocycles. The summed E-state index contributed by atoms with van der Waals surface area (Å²) in [5.41, 5.74) is 7.48. The van der Waals surface area contributed by atoms with Crippen molar-refractivity contribution < 1.29 is 19.4 Å². The molecule has 196 valence electrons. The van der Waals surface area contributed by atoms with Crippen LogP contribution < -0.4 is 4.74 Å². The molecule has 1 aromatic carbocycles. The Morgan fingerprint density at radius 3 is 2.08 bits per heavy atom. The number of aromatic nitrogens is 1. The van der Waals surface area contributed by atoms with E-state index in [9.17, 15) is 9.59 Å². The van der Waals surface area contributed by atoms with E-state index >= 15 is 0 Å². The normalized spacial score (nSPS) is 10.9. The number of carbonyl (C=O) groups is 2. The van der Waals surface area contributed by atoms with E-state index in [1.54, 1.807) is 20.1 Å². The van der Waals surface area contributed by atoms with Gasteiger partial charge in [0.1, 0.15) is 11.5 Å². The van der Waals surface area contributed by atoms with Crippen molar-refractivity contribution in [2.24, 2.45) is 0 Å². The molecule has 0 amide bonds. The topological polar surface area (TPSA) is 76.5 Å². The number of nitrogens with zero attached hydrogens (tertiary/aromatic N) is 1. The van der Waals surface area contributed by atoms with Gasteiger partial charge < -0.3 is 14.6 Å². The Morgan fingerprint density at radius 1 is 1.03 bits per heavy atom. The van der Waals surface area contributed by atoms with Crippen LogP contribution in [0.15, 0.2) is 66.8 Å². The van der Waals surface area contributed by atoms with E-state index in [1.165, 1.54) is 12.5 Å². The first kappa shape index (κ1) is 31.2. The maximum Gasteiger partial charge on any atom is 0.164 e. The van der Waals surface area contributed by atoms with Crippen molar-refractivity contribution in [3.63, 3.8) is 0 Å². The summed E-state index contributed by atoms with van der Waals surface area (Å²) in [5, 5.41) is 7.00. The van der Waals surface area contributed by atoms with Gasteiger partial charge in [-0.3, -0.25) is 4.79 Å². The summed E-state index contributed by atoms with van der Waals surface area (Å²) in [6, 6.07) is 7.93. The van der Waals surface area contributed by atoms with Crippen LogP contribution in [0.3, 0.4) is 0 Å². The Labute approximate surface area is 221 Å². The molecule has 0 aliphatic rings. The molecular weight excluding hydrogens is 462 g/mol. The van der Waals surface area contributed by atoms with Crippen LogP contribution in [-0.4, -0.2) is 35.9 Å². The molecule has 0 atom stereocenters. The molecule has 5 nitrogen and oxygen atoms in total. The van der Waals surface area contributed by atoms with Crippen LogP contribution in [-0.2, 0) is 4.79 Å². The molecule has 0 fully saturated rings. The Morgan fingerprint density at radius 2 is 1.65 bits per heavy atom. The van der Waals surface area contributed by atoms with Gasteiger partial charge in [0.25, 0.3) is 0 Å². The lowest BCUT2D eigenvalue weighted by molar-refractivity contribution is -0.116. The number of hydrogen-bond donors (Lipinski definition) is 1. The molecule has 0 saturated heterocycles. The minimum absolute atomic E-state index is 0.112. The van der Waals surface area contributed by atoms with Gasteiger partial charge in [-0.05, 0) is 63.8 Å². The van der Waals surface area contributed by atoms with Crippen molar-refractivity contribution in [1.29, 1.82) is 0 Å². The lowest BCUT2D eigenvalue weighted by atomic mass is 9.95. The third-order valence-electron chi connectivity index (χ3n) is 5.73. The fraction of sp³-hybridized carbons (Fsp3) is 0.281. The number of ketones is 2. The molecule has 1 N–H and O–H groups in total. The van der Waals surface area contributed by atoms with Gasteiger partial charge in [0, 0.05) is 24.7 Å². The molecule has 0 unspecified atom stereocenters. The second-order valence-corrected chi connectivity index (χ2v) is 8.54. The van der Waals surface area contributed by atoms with Gasteiger partial charge in [0.05, 0.1) is 18.4 Å². The van der Waals surface area contributed by atoms with Crippen LogP contribution in [0.25, 0.3) is 29.0 Å². The van der Waals surface area contributed by atoms with Crippen LogP contribution in [0.4, 0.5) is 0 Å². The summed E-state index contributed by atoms with van der Waals surface area (Å²) in [4.78, 5) is 28.9. The number of methoxy groups -OCH3 is 1. The third-order valence-corrected chi connectivity index (χ3v) is 5.73. The quantitative estimate of drug-likeness (QED) is 0.254. The van der Waals surface area contributed by atoms with E-state index < -0.39 is 0 Å². The largest absolute Gasteiger partial charge is 0.494 e. The number of aliphatic hydroxyl groups excluding tert-OH is 1. The zero-order valence-corrected chi connectivity index (χ0v) is 23.1. The average molecular weight is 502 g/mol. The molecule has 37 heavy (non-hydrogen) atoms. The van der Waals surface area contributed by atoms with Gasteiger partial charge in [-0.1, -0.05) is 67.3 Å². The molecule has 0 bridgehead atoms. The maximum absolute atomic E-state index is 12.6. The summed E-state index contributed by atoms with van der Waals surface area (Å²) in [7, 11) is 2.55. The van der Waals surface area contributed by atoms with Crippen LogP contribution in [0, 0.1) is 0 Å². The molecular formula is C32H39NO4. The lowest BCUT2D eigenvalue weighted by Gasteiger charge is -2.17. The number of hydrogen-bond acceptors (Lipinski definition) is 5. The highest BCUT2D eigenvalue weighted by molar-refractivity contribution is 6.03. The number of carbonyl (C=O) groups excluding carboxylic acids is 2. The van der Waals surface area contributed by atoms with E-state index in [4.69, 9.17) is 14.8 Å². The number of allylic oxidation sites excluding steroid dienone is 6. The Kier molecular flexibility index (Phi) is 12.9. The summed E-state index contributed by atoms with van der Waals surface area (Å²) < 4.78 is 5.68. The van der Waals surface area contributed by atoms with E-state index in [0.717, 1.165) is 29.4 Å². The van der Waals surface area contributed by atoms with Gasteiger partial charge in [0.2, 0.25) is 0 Å². The fourth-order valence-corrected chi connectivity index (χ4v) is 3.88. The number of ether oxygens (including phenoxy) is 1. The zero-order valence-electron chi connectivity index (χ0n) is 23.1. The van der Waals surface area contributed by atoms with Crippen molar-refractivity contribution in [3.8, 4) is 17.0 Å². The van der Waals surface area contributed by atoms with Crippen LogP contribution in [0.5, 0.6) is 5.75 Å². The Hall–Kier alpha value is -3.83. The van der Waals surface area contributed by atoms with E-state index in [1.807, 2.05) is 49.4 Å². The predicted molar refractivity (Wildman–Crippen MR) is 156 cm³/mol. The summed E-state index contributed by atoms with van der Waals surface area (Å²) >= 11 is 0. The second-order valence-electron chi connectivity index (χ2n) is 8.54. The maximum atomic E-state index is 12.6. The molecule has 0 radical (unpaired) electrons. The highest BCUT2D eigenvalue weighted by Crippen LogP contribution is 2.37. The van der Waals surface area contributed by atoms with Crippen molar-refractivity contribution in [3.05, 3.63) is 89.2 Å². The molecule has 0 saturated carbocycles. The second kappa shape index (κ2) is 15.3. The summed E-state index contributed by atoms with van der Waals surface area (Å²) in [6.45, 7) is 17.0. The standard InChI is InChI=1S/C31H35NO3.CH4O/c1-9-12-28-27(11-3)29(22(7)34)31(35-8)30(32-28)25-17-15-24(16-18-25)23(10-2)19-26(20(4)5)14-13-21(6)33;1-2/h9-12,15-19H,2-3,13-14H2,1,4-8H3;2H,1H3/b12-9-,23-19+;. The zero-order chi connectivity index (χ0) is 28.1. The first-order chi connectivity index (χ1) is 17.7. The number of benzene rings is 1. The van der Waals surface area contributed by atoms with Gasteiger partial charge in [-0.25, -0.2) is 4.98 Å².